The highest BCUT2D eigenvalue weighted by molar-refractivity contribution is 8.76. The van der Waals surface area contributed by atoms with E-state index in [2.05, 4.69) is 5.32 Å². The van der Waals surface area contributed by atoms with Crippen molar-refractivity contribution in [1.82, 2.24) is 5.32 Å². The van der Waals surface area contributed by atoms with Crippen LogP contribution in [0.1, 0.15) is 99.0 Å². The molecular weight excluding hydrogens is 719 g/mol. The molecule has 5 rings (SSSR count). The van der Waals surface area contributed by atoms with Gasteiger partial charge < -0.3 is 54.9 Å². The maximum absolute atomic E-state index is 11.6. The Morgan fingerprint density at radius 2 is 1.53 bits per heavy atom. The molecule has 0 unspecified atom stereocenters. The van der Waals surface area contributed by atoms with Crippen LogP contribution in [0.25, 0.3) is 0 Å². The summed E-state index contributed by atoms with van der Waals surface area (Å²) in [6, 6.07) is 7.69. The number of aromatic hydroxyl groups is 2. The lowest BCUT2D eigenvalue weighted by atomic mass is 9.85. The first-order valence-corrected chi connectivity index (χ1v) is 21.8. The topological polar surface area (TPSA) is 170 Å². The van der Waals surface area contributed by atoms with Crippen molar-refractivity contribution in [3.05, 3.63) is 41.0 Å². The molecule has 7 N–H and O–H groups in total. The lowest BCUT2D eigenvalue weighted by Crippen LogP contribution is -2.38. The summed E-state index contributed by atoms with van der Waals surface area (Å²) in [4.78, 5) is 0. The monoisotopic (exact) mass is 779 g/mol. The number of benzene rings is 2. The second-order valence-corrected chi connectivity index (χ2v) is 17.6. The van der Waals surface area contributed by atoms with E-state index in [4.69, 9.17) is 18.9 Å². The third-order valence-electron chi connectivity index (χ3n) is 11.3. The lowest BCUT2D eigenvalue weighted by molar-refractivity contribution is -0.0808. The Balaban J connectivity index is 1.31. The van der Waals surface area contributed by atoms with Crippen LogP contribution in [0.3, 0.4) is 0 Å². The maximum atomic E-state index is 11.6. The highest BCUT2D eigenvalue weighted by atomic mass is 33.1. The standard InChI is InChI=1S/C40H61NO10S2/c1-48-37-17-26(18-38(49-2)40(37)47)16-32-33(44)20-30(50-24-43)13-10-27-19-36(34(45)21-31(27)39(14-15-42)53-52-23-35(32)46)51-29-11-8-25(9-12-29)22-41-28-6-4-3-5-7-28/h17-19,21,25,28-30,32-33,35,39,41-47H,3-16,20,22-24H2,1-2H3/t25?,29?,30-,32+,33+,35+,39-/m0/s1. The third kappa shape index (κ3) is 11.9. The Labute approximate surface area is 322 Å². The Morgan fingerprint density at radius 3 is 2.19 bits per heavy atom. The molecule has 2 fully saturated rings. The normalized spacial score (nSPS) is 27.8. The number of methoxy groups -OCH3 is 2. The summed E-state index contributed by atoms with van der Waals surface area (Å²) in [7, 11) is 5.88. The van der Waals surface area contributed by atoms with Crippen molar-refractivity contribution in [2.75, 3.05) is 39.9 Å². The van der Waals surface area contributed by atoms with Crippen molar-refractivity contribution >= 4 is 21.6 Å². The first kappa shape index (κ1) is 42.1. The molecule has 1 aliphatic heterocycles. The minimum Gasteiger partial charge on any atom is -0.504 e. The second-order valence-electron chi connectivity index (χ2n) is 14.9. The molecule has 0 saturated heterocycles. The smallest absolute Gasteiger partial charge is 0.200 e. The maximum Gasteiger partial charge on any atom is 0.200 e. The van der Waals surface area contributed by atoms with E-state index in [-0.39, 0.29) is 59.6 Å². The molecular formula is C40H61NO10S2. The van der Waals surface area contributed by atoms with E-state index in [1.54, 1.807) is 18.2 Å². The van der Waals surface area contributed by atoms with Gasteiger partial charge in [-0.3, -0.25) is 0 Å². The molecule has 2 aromatic rings. The molecule has 11 nitrogen and oxygen atoms in total. The molecule has 0 spiro atoms. The zero-order valence-electron chi connectivity index (χ0n) is 31.3. The van der Waals surface area contributed by atoms with Crippen molar-refractivity contribution in [3.63, 3.8) is 0 Å². The fourth-order valence-electron chi connectivity index (χ4n) is 8.20. The number of hydrogen-bond acceptors (Lipinski definition) is 13. The number of rotatable bonds is 13. The van der Waals surface area contributed by atoms with Gasteiger partial charge in [0.25, 0.3) is 0 Å². The summed E-state index contributed by atoms with van der Waals surface area (Å²) >= 11 is 0. The summed E-state index contributed by atoms with van der Waals surface area (Å²) in [6.07, 6.45) is 10.1. The van der Waals surface area contributed by atoms with E-state index in [9.17, 15) is 30.6 Å². The summed E-state index contributed by atoms with van der Waals surface area (Å²) in [5.41, 5.74) is 2.55. The van der Waals surface area contributed by atoms with Crippen molar-refractivity contribution in [1.29, 1.82) is 0 Å². The van der Waals surface area contributed by atoms with Crippen molar-refractivity contribution in [2.24, 2.45) is 11.8 Å². The van der Waals surface area contributed by atoms with E-state index in [0.717, 1.165) is 43.4 Å². The van der Waals surface area contributed by atoms with Crippen LogP contribution in [0.5, 0.6) is 28.7 Å². The van der Waals surface area contributed by atoms with Crippen molar-refractivity contribution < 1.29 is 49.6 Å². The Morgan fingerprint density at radius 1 is 0.811 bits per heavy atom. The average molecular weight is 780 g/mol. The van der Waals surface area contributed by atoms with Gasteiger partial charge in [-0.05, 0) is 124 Å². The summed E-state index contributed by atoms with van der Waals surface area (Å²) in [5, 5.41) is 68.4. The zero-order valence-corrected chi connectivity index (χ0v) is 32.9. The Hall–Kier alpha value is -2.10. The van der Waals surface area contributed by atoms with E-state index < -0.39 is 31.0 Å². The lowest BCUT2D eigenvalue weighted by Gasteiger charge is -2.31. The van der Waals surface area contributed by atoms with Crippen LogP contribution in [0.2, 0.25) is 0 Å². The average Bonchev–Trinajstić information content (AvgIpc) is 3.17. The number of hydrogen-bond donors (Lipinski definition) is 7. The van der Waals surface area contributed by atoms with Crippen LogP contribution < -0.4 is 19.5 Å². The van der Waals surface area contributed by atoms with E-state index in [0.29, 0.717) is 42.5 Å². The van der Waals surface area contributed by atoms with Gasteiger partial charge >= 0.3 is 0 Å². The second kappa shape index (κ2) is 21.3. The van der Waals surface area contributed by atoms with Gasteiger partial charge in [0.2, 0.25) is 5.75 Å². The van der Waals surface area contributed by atoms with E-state index >= 15 is 0 Å². The molecule has 0 radical (unpaired) electrons. The van der Waals surface area contributed by atoms with Crippen LogP contribution in [-0.2, 0) is 17.6 Å². The molecule has 3 aliphatic rings. The van der Waals surface area contributed by atoms with E-state index in [1.165, 1.54) is 67.9 Å². The highest BCUT2D eigenvalue weighted by Gasteiger charge is 2.33. The first-order valence-electron chi connectivity index (χ1n) is 19.4. The van der Waals surface area contributed by atoms with Crippen LogP contribution in [0.15, 0.2) is 24.3 Å². The minimum atomic E-state index is -0.988. The van der Waals surface area contributed by atoms with Gasteiger partial charge in [0.05, 0.1) is 38.6 Å². The van der Waals surface area contributed by atoms with Crippen molar-refractivity contribution in [2.45, 2.75) is 126 Å². The molecule has 53 heavy (non-hydrogen) atoms. The van der Waals surface area contributed by atoms with Gasteiger partial charge in [-0.25, -0.2) is 0 Å². The van der Waals surface area contributed by atoms with Gasteiger partial charge in [-0.2, -0.15) is 0 Å². The number of aryl methyl sites for hydroxylation is 1. The number of phenolic OH excluding ortho intramolecular Hbond substituents is 2. The SMILES string of the molecule is COc1cc(C[C@H]2[C@H](O)CSS[C@@H](CCO)c3cc(O)c(OC4CCC(CNC5CCCCC5)CC4)cc3CC[C@H](OCO)C[C@H]2O)cc(OC)c1O. The van der Waals surface area contributed by atoms with Crippen molar-refractivity contribution in [3.8, 4) is 28.7 Å². The number of aliphatic hydroxyl groups excluding tert-OH is 4. The molecule has 0 amide bonds. The molecule has 2 aliphatic carbocycles. The summed E-state index contributed by atoms with van der Waals surface area (Å²) in [6.45, 7) is 0.485. The fraction of sp³-hybridized carbons (Fsp3) is 0.700. The summed E-state index contributed by atoms with van der Waals surface area (Å²) < 4.78 is 22.9. The van der Waals surface area contributed by atoms with Gasteiger partial charge in [0.1, 0.15) is 6.79 Å². The fourth-order valence-corrected chi connectivity index (χ4v) is 11.1. The Bertz CT molecular complexity index is 1380. The molecule has 298 valence electrons. The molecule has 0 bridgehead atoms. The first-order chi connectivity index (χ1) is 25.7. The molecule has 0 aromatic heterocycles. The molecule has 2 saturated carbocycles. The number of fused-ring (bicyclic) bond motifs is 1. The van der Waals surface area contributed by atoms with Crippen LogP contribution in [0.4, 0.5) is 0 Å². The van der Waals surface area contributed by atoms with Gasteiger partial charge in [0, 0.05) is 29.6 Å². The number of aliphatic hydroxyl groups is 4. The van der Waals surface area contributed by atoms with Gasteiger partial charge in [-0.1, -0.05) is 40.9 Å². The highest BCUT2D eigenvalue weighted by Crippen LogP contribution is 2.46. The largest absolute Gasteiger partial charge is 0.504 e. The van der Waals surface area contributed by atoms with Crippen LogP contribution in [-0.4, -0.2) is 101 Å². The van der Waals surface area contributed by atoms with E-state index in [1.807, 2.05) is 6.07 Å². The predicted octanol–water partition coefficient (Wildman–Crippen LogP) is 6.03. The molecule has 2 aromatic carbocycles. The van der Waals surface area contributed by atoms with Crippen LogP contribution >= 0.6 is 21.6 Å². The molecule has 13 heteroatoms. The third-order valence-corrected chi connectivity index (χ3v) is 14.2. The van der Waals surface area contributed by atoms with Gasteiger partial charge in [0.15, 0.2) is 23.0 Å². The van der Waals surface area contributed by atoms with Crippen LogP contribution in [0, 0.1) is 11.8 Å². The summed E-state index contributed by atoms with van der Waals surface area (Å²) in [5.74, 6) is 1.16. The Kier molecular flexibility index (Phi) is 16.9. The molecule has 1 heterocycles. The predicted molar refractivity (Wildman–Crippen MR) is 209 cm³/mol. The zero-order chi connectivity index (χ0) is 37.7. The molecule has 5 atom stereocenters. The quantitative estimate of drug-likeness (QED) is 0.0930. The number of nitrogens with one attached hydrogen (secondary N) is 1. The number of ether oxygens (including phenoxy) is 4. The number of phenols is 2. The van der Waals surface area contributed by atoms with Gasteiger partial charge in [-0.15, -0.1) is 0 Å². The minimum absolute atomic E-state index is 0.0189.